The Balaban J connectivity index is 0.981. The zero-order valence-electron chi connectivity index (χ0n) is 35.1. The van der Waals surface area contributed by atoms with Gasteiger partial charge in [0.1, 0.15) is 17.9 Å². The van der Waals surface area contributed by atoms with Gasteiger partial charge in [-0.3, -0.25) is 24.0 Å². The molecule has 3 atom stereocenters. The van der Waals surface area contributed by atoms with E-state index >= 15 is 0 Å². The molecule has 0 aliphatic carbocycles. The summed E-state index contributed by atoms with van der Waals surface area (Å²) in [4.78, 5) is 65.2. The van der Waals surface area contributed by atoms with Gasteiger partial charge in [0.05, 0.1) is 45.7 Å². The van der Waals surface area contributed by atoms with Crippen molar-refractivity contribution in [1.29, 1.82) is 0 Å². The summed E-state index contributed by atoms with van der Waals surface area (Å²) in [5, 5.41) is 22.1. The van der Waals surface area contributed by atoms with Crippen LogP contribution in [-0.2, 0) is 25.8 Å². The number of β-amino-alcohol motifs (C(OH)–C–C–N with tert-alkyl or cyclic N) is 1. The highest BCUT2D eigenvalue weighted by Crippen LogP contribution is 2.30. The van der Waals surface area contributed by atoms with Crippen LogP contribution in [0.1, 0.15) is 80.9 Å². The predicted octanol–water partition coefficient (Wildman–Crippen LogP) is 6.89. The molecular formula is C44H53F3IN7O6S. The summed E-state index contributed by atoms with van der Waals surface area (Å²) in [7, 11) is 0. The maximum Gasteiger partial charge on any atom is 0.277 e. The summed E-state index contributed by atoms with van der Waals surface area (Å²) >= 11 is 3.48. The third-order valence-electron chi connectivity index (χ3n) is 10.3. The Hall–Kier alpha value is -4.63. The minimum atomic E-state index is -1.34. The molecule has 1 fully saturated rings. The number of aliphatic hydroxyl groups excluding tert-OH is 1. The lowest BCUT2D eigenvalue weighted by Crippen LogP contribution is -2.57. The fourth-order valence-corrected chi connectivity index (χ4v) is 8.14. The molecule has 4 aromatic rings. The van der Waals surface area contributed by atoms with E-state index in [2.05, 4.69) is 31.7 Å². The second-order valence-electron chi connectivity index (χ2n) is 16.2. The van der Waals surface area contributed by atoms with Gasteiger partial charge in [-0.15, -0.1) is 11.3 Å². The fourth-order valence-electron chi connectivity index (χ4n) is 6.88. The molecule has 0 radical (unpaired) electrons. The lowest BCUT2D eigenvalue weighted by molar-refractivity contribution is -0.144. The first-order chi connectivity index (χ1) is 29.5. The van der Waals surface area contributed by atoms with Crippen molar-refractivity contribution in [1.82, 2.24) is 31.3 Å². The van der Waals surface area contributed by atoms with Crippen molar-refractivity contribution in [2.24, 2.45) is 5.41 Å². The van der Waals surface area contributed by atoms with Crippen molar-refractivity contribution in [2.45, 2.75) is 91.0 Å². The number of hydrogen-bond acceptors (Lipinski definition) is 10. The van der Waals surface area contributed by atoms with E-state index in [0.29, 0.717) is 29.5 Å². The van der Waals surface area contributed by atoms with Crippen molar-refractivity contribution in [3.63, 3.8) is 0 Å². The molecule has 0 spiro atoms. The van der Waals surface area contributed by atoms with Crippen LogP contribution in [0.3, 0.4) is 0 Å². The summed E-state index contributed by atoms with van der Waals surface area (Å²) in [5.74, 6) is -5.15. The zero-order chi connectivity index (χ0) is 45.0. The Morgan fingerprint density at radius 2 is 1.73 bits per heavy atom. The number of aromatic nitrogens is 1. The molecule has 4 amide bonds. The molecule has 62 heavy (non-hydrogen) atoms. The van der Waals surface area contributed by atoms with Crippen molar-refractivity contribution in [3.8, 4) is 10.4 Å². The van der Waals surface area contributed by atoms with E-state index in [1.54, 1.807) is 22.9 Å². The van der Waals surface area contributed by atoms with Gasteiger partial charge in [0.2, 0.25) is 17.7 Å². The van der Waals surface area contributed by atoms with E-state index in [-0.39, 0.29) is 55.6 Å². The third-order valence-corrected chi connectivity index (χ3v) is 11.9. The van der Waals surface area contributed by atoms with E-state index in [1.165, 1.54) is 17.0 Å². The molecule has 0 unspecified atom stereocenters. The number of thiazole rings is 1. The van der Waals surface area contributed by atoms with E-state index in [1.807, 2.05) is 74.6 Å². The largest absolute Gasteiger partial charge is 0.391 e. The maximum absolute atomic E-state index is 14.7. The van der Waals surface area contributed by atoms with Gasteiger partial charge in [-0.05, 0) is 109 Å². The quantitative estimate of drug-likeness (QED) is 0.0313. The van der Waals surface area contributed by atoms with Crippen LogP contribution in [0.5, 0.6) is 0 Å². The molecule has 5 rings (SSSR count). The number of halogens is 4. The maximum atomic E-state index is 14.7. The normalized spacial score (nSPS) is 15.6. The molecule has 3 aromatic carbocycles. The van der Waals surface area contributed by atoms with Gasteiger partial charge in [-0.2, -0.15) is 0 Å². The summed E-state index contributed by atoms with van der Waals surface area (Å²) in [6, 6.07) is 12.1. The molecule has 1 aliphatic rings. The van der Waals surface area contributed by atoms with E-state index in [4.69, 9.17) is 4.84 Å². The minimum absolute atomic E-state index is 0.0101. The van der Waals surface area contributed by atoms with Crippen molar-refractivity contribution < 1.29 is 42.3 Å². The average molecular weight is 992 g/mol. The lowest BCUT2D eigenvalue weighted by Gasteiger charge is -2.35. The van der Waals surface area contributed by atoms with Crippen molar-refractivity contribution in [2.75, 3.05) is 31.6 Å². The standard InChI is InChI=1S/C44H53F3IN7O6S/c1-26-39(62-25-51-26)28-12-10-27(11-13-28)23-50-42(59)35-22-30(56)24-55(35)43(60)40(44(2,3)4)53-36(57)9-6-5-7-18-49-19-8-20-61-54-41(58)31-15-16-32(45)37(47)38(31)52-34-17-14-29(48)21-33(34)46/h10-17,21,25,30,35,40,49,52,56H,5-9,18-20,22-24H2,1-4H3,(H,50,59)(H,53,57)(H,54,58)/t30-,35+,40-/m1/s1. The van der Waals surface area contributed by atoms with E-state index in [9.17, 15) is 37.5 Å². The SMILES string of the molecule is Cc1ncsc1-c1ccc(CNC(=O)[C@@H]2C[C@@H](O)CN2C(=O)[C@@H](NC(=O)CCCCCNCCCONC(=O)c2ccc(F)c(F)c2Nc2ccc(I)cc2F)C(C)(C)C)cc1. The first-order valence-corrected chi connectivity index (χ1v) is 22.4. The van der Waals surface area contributed by atoms with Crippen molar-refractivity contribution in [3.05, 3.63) is 98.0 Å². The number of carbonyl (C=O) groups is 4. The Labute approximate surface area is 377 Å². The smallest absolute Gasteiger partial charge is 0.277 e. The number of rotatable bonds is 20. The Kier molecular flexibility index (Phi) is 17.7. The Morgan fingerprint density at radius 1 is 0.984 bits per heavy atom. The highest BCUT2D eigenvalue weighted by molar-refractivity contribution is 14.1. The van der Waals surface area contributed by atoms with Gasteiger partial charge in [-0.1, -0.05) is 51.5 Å². The van der Waals surface area contributed by atoms with Crippen molar-refractivity contribution >= 4 is 68.9 Å². The molecule has 13 nitrogen and oxygen atoms in total. The van der Waals surface area contributed by atoms with E-state index < -0.39 is 58.6 Å². The molecule has 0 bridgehead atoms. The molecular weight excluding hydrogens is 938 g/mol. The van der Waals surface area contributed by atoms with Gasteiger partial charge >= 0.3 is 0 Å². The molecule has 1 aliphatic heterocycles. The molecule has 334 valence electrons. The number of hydroxylamine groups is 1. The average Bonchev–Trinajstić information content (AvgIpc) is 3.85. The van der Waals surface area contributed by atoms with Gasteiger partial charge in [0, 0.05) is 29.5 Å². The number of hydrogen-bond donors (Lipinski definition) is 6. The second kappa shape index (κ2) is 22.6. The Bertz CT molecular complexity index is 2190. The number of benzene rings is 3. The van der Waals surface area contributed by atoms with Crippen LogP contribution >= 0.6 is 33.9 Å². The highest BCUT2D eigenvalue weighted by atomic mass is 127. The van der Waals surface area contributed by atoms with Crippen LogP contribution in [0, 0.1) is 33.4 Å². The number of anilines is 2. The molecule has 1 saturated heterocycles. The number of amides is 4. The first kappa shape index (κ1) is 48.4. The van der Waals surface area contributed by atoms with Crippen LogP contribution in [0.2, 0.25) is 0 Å². The Morgan fingerprint density at radius 3 is 2.42 bits per heavy atom. The molecule has 0 saturated carbocycles. The van der Waals surface area contributed by atoms with Crippen LogP contribution in [0.25, 0.3) is 10.4 Å². The van der Waals surface area contributed by atoms with Gasteiger partial charge < -0.3 is 31.3 Å². The topological polar surface area (TPSA) is 174 Å². The fraction of sp³-hybridized carbons (Fsp3) is 0.432. The first-order valence-electron chi connectivity index (χ1n) is 20.4. The number of aryl methyl sites for hydroxylation is 1. The number of unbranched alkanes of at least 4 members (excludes halogenated alkanes) is 2. The molecule has 6 N–H and O–H groups in total. The minimum Gasteiger partial charge on any atom is -0.391 e. The zero-order valence-corrected chi connectivity index (χ0v) is 38.1. The monoisotopic (exact) mass is 991 g/mol. The summed E-state index contributed by atoms with van der Waals surface area (Å²) in [6.45, 7) is 9.07. The van der Waals surface area contributed by atoms with Crippen LogP contribution in [-0.4, -0.2) is 83.0 Å². The predicted molar refractivity (Wildman–Crippen MR) is 240 cm³/mol. The van der Waals surface area contributed by atoms with Crippen LogP contribution < -0.4 is 26.7 Å². The van der Waals surface area contributed by atoms with Crippen LogP contribution in [0.4, 0.5) is 24.5 Å². The van der Waals surface area contributed by atoms with Crippen LogP contribution in [0.15, 0.2) is 60.1 Å². The number of nitrogens with zero attached hydrogens (tertiary/aromatic N) is 2. The van der Waals surface area contributed by atoms with Gasteiger partial charge in [0.15, 0.2) is 11.6 Å². The number of nitrogens with one attached hydrogen (secondary N) is 5. The van der Waals surface area contributed by atoms with E-state index in [0.717, 1.165) is 46.7 Å². The number of aliphatic hydroxyl groups is 1. The third kappa shape index (κ3) is 13.4. The summed E-state index contributed by atoms with van der Waals surface area (Å²) < 4.78 is 43.7. The highest BCUT2D eigenvalue weighted by Gasteiger charge is 2.44. The summed E-state index contributed by atoms with van der Waals surface area (Å²) in [6.07, 6.45) is 2.05. The van der Waals surface area contributed by atoms with Gasteiger partial charge in [0.25, 0.3) is 5.91 Å². The molecule has 18 heteroatoms. The summed E-state index contributed by atoms with van der Waals surface area (Å²) in [5.41, 5.74) is 5.30. The molecule has 1 aromatic heterocycles. The lowest BCUT2D eigenvalue weighted by atomic mass is 9.85. The number of carbonyl (C=O) groups excluding carboxylic acids is 4. The number of likely N-dealkylation sites (tertiary alicyclic amines) is 1. The molecule has 2 heterocycles. The van der Waals surface area contributed by atoms with Gasteiger partial charge in [-0.25, -0.2) is 23.6 Å². The second-order valence-corrected chi connectivity index (χ2v) is 18.3.